The van der Waals surface area contributed by atoms with Gasteiger partial charge in [0.05, 0.1) is 11.5 Å². The Balaban J connectivity index is 2.51. The van der Waals surface area contributed by atoms with Crippen molar-refractivity contribution in [3.63, 3.8) is 0 Å². The molecule has 0 bridgehead atoms. The van der Waals surface area contributed by atoms with Crippen molar-refractivity contribution in [2.75, 3.05) is 6.61 Å². The largest absolute Gasteiger partial charge is 0.396 e. The van der Waals surface area contributed by atoms with Crippen LogP contribution >= 0.6 is 23.2 Å². The lowest BCUT2D eigenvalue weighted by Crippen LogP contribution is -2.40. The molecular formula is C7H12Cl2O2. The minimum absolute atomic E-state index is 0.00181. The van der Waals surface area contributed by atoms with E-state index in [1.54, 1.807) is 0 Å². The lowest BCUT2D eigenvalue weighted by atomic mass is 9.86. The molecule has 0 aliphatic heterocycles. The minimum Gasteiger partial charge on any atom is -0.396 e. The maximum absolute atomic E-state index is 9.40. The Morgan fingerprint density at radius 3 is 2.45 bits per heavy atom. The molecule has 0 aromatic rings. The molecule has 0 unspecified atom stereocenters. The van der Waals surface area contributed by atoms with Gasteiger partial charge in [-0.2, -0.15) is 0 Å². The van der Waals surface area contributed by atoms with Crippen LogP contribution in [0.25, 0.3) is 0 Å². The zero-order chi connectivity index (χ0) is 8.43. The predicted molar refractivity (Wildman–Crippen MR) is 45.1 cm³/mol. The van der Waals surface area contributed by atoms with E-state index in [0.717, 1.165) is 0 Å². The van der Waals surface area contributed by atoms with Crippen LogP contribution in [0.3, 0.4) is 0 Å². The van der Waals surface area contributed by atoms with Crippen LogP contribution in [0, 0.1) is 5.92 Å². The molecule has 1 saturated carbocycles. The molecule has 0 aromatic heterocycles. The maximum Gasteiger partial charge on any atom is 0.0754 e. The number of halogens is 2. The topological polar surface area (TPSA) is 40.5 Å². The monoisotopic (exact) mass is 198 g/mol. The van der Waals surface area contributed by atoms with E-state index in [1.807, 2.05) is 0 Å². The molecule has 0 heterocycles. The second-order valence-corrected chi connectivity index (χ2v) is 4.20. The zero-order valence-corrected chi connectivity index (χ0v) is 7.59. The Hall–Kier alpha value is 0.500. The van der Waals surface area contributed by atoms with E-state index in [2.05, 4.69) is 0 Å². The molecule has 11 heavy (non-hydrogen) atoms. The second-order valence-electron chi connectivity index (χ2n) is 3.02. The van der Waals surface area contributed by atoms with E-state index >= 15 is 0 Å². The van der Waals surface area contributed by atoms with Gasteiger partial charge in [-0.05, 0) is 12.8 Å². The first kappa shape index (κ1) is 9.59. The van der Waals surface area contributed by atoms with Crippen LogP contribution in [-0.4, -0.2) is 33.7 Å². The van der Waals surface area contributed by atoms with Crippen LogP contribution in [0.4, 0.5) is 0 Å². The molecule has 0 amide bonds. The van der Waals surface area contributed by atoms with Crippen molar-refractivity contribution in [2.24, 2.45) is 5.92 Å². The second kappa shape index (κ2) is 3.94. The first-order valence-corrected chi connectivity index (χ1v) is 4.59. The Labute approximate surface area is 76.1 Å². The van der Waals surface area contributed by atoms with Crippen LogP contribution in [0.15, 0.2) is 0 Å². The van der Waals surface area contributed by atoms with Crippen molar-refractivity contribution in [3.05, 3.63) is 0 Å². The van der Waals surface area contributed by atoms with Gasteiger partial charge in [-0.1, -0.05) is 0 Å². The first-order valence-electron chi connectivity index (χ1n) is 3.72. The van der Waals surface area contributed by atoms with E-state index < -0.39 is 6.10 Å². The molecule has 1 aliphatic rings. The number of aliphatic hydroxyl groups is 2. The molecule has 2 nitrogen and oxygen atoms in total. The minimum atomic E-state index is -0.600. The van der Waals surface area contributed by atoms with E-state index in [0.29, 0.717) is 12.8 Å². The van der Waals surface area contributed by atoms with Gasteiger partial charge < -0.3 is 10.2 Å². The summed E-state index contributed by atoms with van der Waals surface area (Å²) in [6.07, 6.45) is 0.681. The molecule has 0 spiro atoms. The van der Waals surface area contributed by atoms with E-state index in [9.17, 15) is 5.11 Å². The summed E-state index contributed by atoms with van der Waals surface area (Å²) < 4.78 is 0. The quantitative estimate of drug-likeness (QED) is 0.617. The number of aliphatic hydroxyl groups excluding tert-OH is 2. The standard InChI is InChI=1S/C7H12Cl2O2/c8-5-1-4(3-10)7(11)6(9)2-5/h4-7,10-11H,1-3H2/t4-,5-,6-,7+/m0/s1. The van der Waals surface area contributed by atoms with Crippen LogP contribution in [0.5, 0.6) is 0 Å². The third kappa shape index (κ3) is 2.22. The highest BCUT2D eigenvalue weighted by Crippen LogP contribution is 2.31. The fraction of sp³-hybridized carbons (Fsp3) is 1.00. The molecule has 0 radical (unpaired) electrons. The van der Waals surface area contributed by atoms with Crippen LogP contribution < -0.4 is 0 Å². The summed E-state index contributed by atoms with van der Waals surface area (Å²) >= 11 is 11.6. The van der Waals surface area contributed by atoms with Gasteiger partial charge in [0, 0.05) is 17.9 Å². The molecule has 4 heteroatoms. The van der Waals surface area contributed by atoms with Gasteiger partial charge in [0.25, 0.3) is 0 Å². The Bertz CT molecular complexity index is 132. The van der Waals surface area contributed by atoms with Crippen LogP contribution in [-0.2, 0) is 0 Å². The summed E-state index contributed by atoms with van der Waals surface area (Å²) in [5, 5.41) is 17.9. The fourth-order valence-corrected chi connectivity index (χ4v) is 2.36. The lowest BCUT2D eigenvalue weighted by Gasteiger charge is -2.32. The summed E-state index contributed by atoms with van der Waals surface area (Å²) in [5.41, 5.74) is 0. The molecule has 4 atom stereocenters. The SMILES string of the molecule is OC[C@@H]1C[C@H](Cl)C[C@H](Cl)[C@@H]1O. The molecule has 2 N–H and O–H groups in total. The summed E-state index contributed by atoms with van der Waals surface area (Å²) in [4.78, 5) is 0. The molecule has 1 fully saturated rings. The Kier molecular flexibility index (Phi) is 3.44. The van der Waals surface area contributed by atoms with E-state index in [-0.39, 0.29) is 23.3 Å². The highest BCUT2D eigenvalue weighted by molar-refractivity contribution is 6.24. The van der Waals surface area contributed by atoms with Gasteiger partial charge in [0.2, 0.25) is 0 Å². The number of alkyl halides is 2. The summed E-state index contributed by atoms with van der Waals surface area (Å²) in [5.74, 6) is -0.145. The van der Waals surface area contributed by atoms with Crippen molar-refractivity contribution in [1.82, 2.24) is 0 Å². The lowest BCUT2D eigenvalue weighted by molar-refractivity contribution is 0.0404. The van der Waals surface area contributed by atoms with Crippen molar-refractivity contribution < 1.29 is 10.2 Å². The van der Waals surface area contributed by atoms with Gasteiger partial charge in [-0.25, -0.2) is 0 Å². The summed E-state index contributed by atoms with van der Waals surface area (Å²) in [7, 11) is 0. The van der Waals surface area contributed by atoms with Gasteiger partial charge in [-0.15, -0.1) is 23.2 Å². The normalized spacial score (nSPS) is 45.8. The number of rotatable bonds is 1. The first-order chi connectivity index (χ1) is 5.15. The van der Waals surface area contributed by atoms with Gasteiger partial charge in [0.15, 0.2) is 0 Å². The van der Waals surface area contributed by atoms with E-state index in [1.165, 1.54) is 0 Å². The average Bonchev–Trinajstić information content (AvgIpc) is 1.96. The Morgan fingerprint density at radius 2 is 1.91 bits per heavy atom. The van der Waals surface area contributed by atoms with Gasteiger partial charge in [0.1, 0.15) is 0 Å². The van der Waals surface area contributed by atoms with Gasteiger partial charge in [-0.3, -0.25) is 0 Å². The van der Waals surface area contributed by atoms with Crippen LogP contribution in [0.1, 0.15) is 12.8 Å². The molecule has 1 rings (SSSR count). The van der Waals surface area contributed by atoms with Crippen molar-refractivity contribution in [1.29, 1.82) is 0 Å². The fourth-order valence-electron chi connectivity index (χ4n) is 1.43. The molecule has 1 aliphatic carbocycles. The number of hydrogen-bond acceptors (Lipinski definition) is 2. The summed E-state index contributed by atoms with van der Waals surface area (Å²) in [6.45, 7) is -0.0341. The average molecular weight is 199 g/mol. The molecule has 0 saturated heterocycles. The predicted octanol–water partition coefficient (Wildman–Crippen LogP) is 0.964. The highest BCUT2D eigenvalue weighted by atomic mass is 35.5. The molecule has 66 valence electrons. The smallest absolute Gasteiger partial charge is 0.0754 e. The van der Waals surface area contributed by atoms with Gasteiger partial charge >= 0.3 is 0 Å². The number of hydrogen-bond donors (Lipinski definition) is 2. The summed E-state index contributed by atoms with van der Waals surface area (Å²) in [6, 6.07) is 0. The maximum atomic E-state index is 9.40. The zero-order valence-electron chi connectivity index (χ0n) is 6.08. The Morgan fingerprint density at radius 1 is 1.27 bits per heavy atom. The third-order valence-electron chi connectivity index (χ3n) is 2.13. The van der Waals surface area contributed by atoms with Crippen molar-refractivity contribution in [2.45, 2.75) is 29.7 Å². The van der Waals surface area contributed by atoms with Crippen LogP contribution in [0.2, 0.25) is 0 Å². The molecule has 0 aromatic carbocycles. The third-order valence-corrected chi connectivity index (χ3v) is 2.92. The van der Waals surface area contributed by atoms with Crippen molar-refractivity contribution in [3.8, 4) is 0 Å². The molecular weight excluding hydrogens is 187 g/mol. The highest BCUT2D eigenvalue weighted by Gasteiger charge is 2.34. The van der Waals surface area contributed by atoms with Crippen molar-refractivity contribution >= 4 is 23.2 Å². The van der Waals surface area contributed by atoms with E-state index in [4.69, 9.17) is 28.3 Å².